The number of amides is 1. The van der Waals surface area contributed by atoms with E-state index in [1.54, 1.807) is 11.9 Å². The first-order chi connectivity index (χ1) is 8.58. The van der Waals surface area contributed by atoms with Gasteiger partial charge in [0.25, 0.3) is 5.91 Å². The van der Waals surface area contributed by atoms with Crippen molar-refractivity contribution in [3.05, 3.63) is 29.6 Å². The van der Waals surface area contributed by atoms with E-state index in [2.05, 4.69) is 0 Å². The molecule has 0 radical (unpaired) electrons. The molecule has 0 aliphatic heterocycles. The summed E-state index contributed by atoms with van der Waals surface area (Å²) in [6.07, 6.45) is 4.74. The van der Waals surface area contributed by atoms with Crippen LogP contribution < -0.4 is 0 Å². The fourth-order valence-corrected chi connectivity index (χ4v) is 2.55. The summed E-state index contributed by atoms with van der Waals surface area (Å²) in [5.41, 5.74) is 0.0216. The number of hydrogen-bond acceptors (Lipinski definition) is 2. The molecule has 0 spiro atoms. The minimum atomic E-state index is -0.668. The summed E-state index contributed by atoms with van der Waals surface area (Å²) >= 11 is 0. The molecule has 2 rings (SSSR count). The van der Waals surface area contributed by atoms with Crippen molar-refractivity contribution in [2.45, 2.75) is 25.7 Å². The summed E-state index contributed by atoms with van der Waals surface area (Å²) in [6, 6.07) is 3.63. The lowest BCUT2D eigenvalue weighted by molar-refractivity contribution is 0.0768. The monoisotopic (exact) mass is 251 g/mol. The van der Waals surface area contributed by atoms with Crippen LogP contribution in [0.5, 0.6) is 5.75 Å². The second-order valence-electron chi connectivity index (χ2n) is 5.00. The molecule has 1 N–H and O–H groups in total. The highest BCUT2D eigenvalue weighted by molar-refractivity contribution is 5.94. The molecular weight excluding hydrogens is 233 g/mol. The van der Waals surface area contributed by atoms with E-state index in [-0.39, 0.29) is 17.2 Å². The van der Waals surface area contributed by atoms with Crippen molar-refractivity contribution in [1.82, 2.24) is 4.90 Å². The largest absolute Gasteiger partial charge is 0.508 e. The van der Waals surface area contributed by atoms with Gasteiger partial charge in [0.1, 0.15) is 11.6 Å². The topological polar surface area (TPSA) is 40.5 Å². The number of hydrogen-bond donors (Lipinski definition) is 1. The maximum absolute atomic E-state index is 13.6. The van der Waals surface area contributed by atoms with Crippen LogP contribution >= 0.6 is 0 Å². The van der Waals surface area contributed by atoms with Gasteiger partial charge in [-0.1, -0.05) is 12.8 Å². The average Bonchev–Trinajstić information content (AvgIpc) is 2.81. The molecule has 0 unspecified atom stereocenters. The van der Waals surface area contributed by atoms with E-state index in [9.17, 15) is 9.18 Å². The molecule has 1 amide bonds. The summed E-state index contributed by atoms with van der Waals surface area (Å²) < 4.78 is 13.6. The third-order valence-corrected chi connectivity index (χ3v) is 3.54. The Morgan fingerprint density at radius 2 is 2.11 bits per heavy atom. The van der Waals surface area contributed by atoms with Crippen molar-refractivity contribution in [3.8, 4) is 5.75 Å². The van der Waals surface area contributed by atoms with E-state index in [0.717, 1.165) is 18.9 Å². The Morgan fingerprint density at radius 3 is 2.72 bits per heavy atom. The van der Waals surface area contributed by atoms with Gasteiger partial charge >= 0.3 is 0 Å². The van der Waals surface area contributed by atoms with Gasteiger partial charge in [0.2, 0.25) is 0 Å². The quantitative estimate of drug-likeness (QED) is 0.897. The lowest BCUT2D eigenvalue weighted by Crippen LogP contribution is -2.31. The number of carbonyl (C=O) groups excluding carboxylic acids is 1. The van der Waals surface area contributed by atoms with Gasteiger partial charge in [-0.15, -0.1) is 0 Å². The van der Waals surface area contributed by atoms with E-state index < -0.39 is 5.82 Å². The van der Waals surface area contributed by atoms with Gasteiger partial charge in [0.05, 0.1) is 5.56 Å². The van der Waals surface area contributed by atoms with Crippen LogP contribution in [-0.4, -0.2) is 29.5 Å². The van der Waals surface area contributed by atoms with Crippen molar-refractivity contribution >= 4 is 5.91 Å². The summed E-state index contributed by atoms with van der Waals surface area (Å²) in [5.74, 6) is -0.612. The zero-order valence-electron chi connectivity index (χ0n) is 10.5. The molecule has 4 heteroatoms. The van der Waals surface area contributed by atoms with Crippen LogP contribution in [0.1, 0.15) is 36.0 Å². The molecule has 0 aromatic heterocycles. The number of phenols is 1. The highest BCUT2D eigenvalue weighted by atomic mass is 19.1. The second-order valence-corrected chi connectivity index (χ2v) is 5.00. The van der Waals surface area contributed by atoms with Crippen molar-refractivity contribution in [1.29, 1.82) is 0 Å². The van der Waals surface area contributed by atoms with Crippen molar-refractivity contribution in [2.24, 2.45) is 5.92 Å². The Kier molecular flexibility index (Phi) is 3.84. The average molecular weight is 251 g/mol. The summed E-state index contributed by atoms with van der Waals surface area (Å²) in [5, 5.41) is 9.12. The summed E-state index contributed by atoms with van der Waals surface area (Å²) in [4.78, 5) is 13.6. The van der Waals surface area contributed by atoms with Crippen molar-refractivity contribution < 1.29 is 14.3 Å². The predicted molar refractivity (Wildman–Crippen MR) is 67.0 cm³/mol. The van der Waals surface area contributed by atoms with E-state index >= 15 is 0 Å². The first-order valence-corrected chi connectivity index (χ1v) is 6.32. The third-order valence-electron chi connectivity index (χ3n) is 3.54. The number of carbonyl (C=O) groups is 1. The van der Waals surface area contributed by atoms with Crippen LogP contribution in [0.3, 0.4) is 0 Å². The van der Waals surface area contributed by atoms with E-state index in [4.69, 9.17) is 5.11 Å². The predicted octanol–water partition coefficient (Wildman–Crippen LogP) is 2.79. The molecule has 3 nitrogen and oxygen atoms in total. The van der Waals surface area contributed by atoms with Gasteiger partial charge in [-0.3, -0.25) is 4.79 Å². The van der Waals surface area contributed by atoms with Gasteiger partial charge in [-0.05, 0) is 30.9 Å². The zero-order valence-corrected chi connectivity index (χ0v) is 10.5. The minimum absolute atomic E-state index is 0.0216. The van der Waals surface area contributed by atoms with Gasteiger partial charge in [0.15, 0.2) is 0 Å². The van der Waals surface area contributed by atoms with Crippen LogP contribution in [0, 0.1) is 11.7 Å². The molecule has 1 aliphatic carbocycles. The standard InChI is InChI=1S/C14H18FNO2/c1-16(9-10-4-2-3-5-10)14(18)12-7-6-11(17)8-13(12)15/h6-8,10,17H,2-5,9H2,1H3. The Balaban J connectivity index is 2.05. The molecule has 1 aromatic rings. The second kappa shape index (κ2) is 5.38. The van der Waals surface area contributed by atoms with Crippen LogP contribution in [-0.2, 0) is 0 Å². The smallest absolute Gasteiger partial charge is 0.256 e. The molecule has 1 saturated carbocycles. The van der Waals surface area contributed by atoms with E-state index in [0.29, 0.717) is 12.5 Å². The molecule has 1 aliphatic rings. The maximum Gasteiger partial charge on any atom is 0.256 e. The SMILES string of the molecule is CN(CC1CCCC1)C(=O)c1ccc(O)cc1F. The first-order valence-electron chi connectivity index (χ1n) is 6.32. The fourth-order valence-electron chi connectivity index (χ4n) is 2.55. The van der Waals surface area contributed by atoms with Gasteiger partial charge in [-0.2, -0.15) is 0 Å². The summed E-state index contributed by atoms with van der Waals surface area (Å²) in [6.45, 7) is 0.680. The third kappa shape index (κ3) is 2.81. The molecule has 18 heavy (non-hydrogen) atoms. The molecule has 0 atom stereocenters. The van der Waals surface area contributed by atoms with Crippen molar-refractivity contribution in [3.63, 3.8) is 0 Å². The number of rotatable bonds is 3. The van der Waals surface area contributed by atoms with E-state index in [1.165, 1.54) is 25.0 Å². The first kappa shape index (κ1) is 12.9. The Morgan fingerprint density at radius 1 is 1.44 bits per heavy atom. The fraction of sp³-hybridized carbons (Fsp3) is 0.500. The number of phenolic OH excluding ortho intramolecular Hbond substituents is 1. The molecule has 0 saturated heterocycles. The Hall–Kier alpha value is -1.58. The number of nitrogens with zero attached hydrogens (tertiary/aromatic N) is 1. The van der Waals surface area contributed by atoms with Crippen LogP contribution in [0.25, 0.3) is 0 Å². The highest BCUT2D eigenvalue weighted by Crippen LogP contribution is 2.26. The van der Waals surface area contributed by atoms with Crippen molar-refractivity contribution in [2.75, 3.05) is 13.6 Å². The van der Waals surface area contributed by atoms with Gasteiger partial charge < -0.3 is 10.0 Å². The Bertz CT molecular complexity index is 441. The minimum Gasteiger partial charge on any atom is -0.508 e. The van der Waals surface area contributed by atoms with Gasteiger partial charge in [0, 0.05) is 19.7 Å². The number of benzene rings is 1. The molecule has 0 bridgehead atoms. The Labute approximate surface area is 106 Å². The highest BCUT2D eigenvalue weighted by Gasteiger charge is 2.22. The van der Waals surface area contributed by atoms with Crippen LogP contribution in [0.2, 0.25) is 0 Å². The molecule has 1 fully saturated rings. The van der Waals surface area contributed by atoms with Crippen LogP contribution in [0.4, 0.5) is 4.39 Å². The molecule has 1 aromatic carbocycles. The molecule has 0 heterocycles. The number of halogens is 1. The summed E-state index contributed by atoms with van der Waals surface area (Å²) in [7, 11) is 1.70. The van der Waals surface area contributed by atoms with Crippen LogP contribution in [0.15, 0.2) is 18.2 Å². The number of aromatic hydroxyl groups is 1. The van der Waals surface area contributed by atoms with Gasteiger partial charge in [-0.25, -0.2) is 4.39 Å². The lowest BCUT2D eigenvalue weighted by atomic mass is 10.1. The zero-order chi connectivity index (χ0) is 13.1. The van der Waals surface area contributed by atoms with E-state index in [1.807, 2.05) is 0 Å². The molecule has 98 valence electrons. The molecular formula is C14H18FNO2. The normalized spacial score (nSPS) is 15.9. The lowest BCUT2D eigenvalue weighted by Gasteiger charge is -2.21. The maximum atomic E-state index is 13.6.